The highest BCUT2D eigenvalue weighted by Gasteiger charge is 2.15. The van der Waals surface area contributed by atoms with Crippen LogP contribution in [0.4, 0.5) is 0 Å². The van der Waals surface area contributed by atoms with Crippen molar-refractivity contribution in [3.63, 3.8) is 0 Å². The van der Waals surface area contributed by atoms with Crippen molar-refractivity contribution in [2.24, 2.45) is 11.8 Å². The van der Waals surface area contributed by atoms with E-state index in [4.69, 9.17) is 4.74 Å². The Morgan fingerprint density at radius 3 is 2.81 bits per heavy atom. The van der Waals surface area contributed by atoms with Crippen LogP contribution in [-0.2, 0) is 0 Å². The molecule has 0 saturated heterocycles. The average Bonchev–Trinajstić information content (AvgIpc) is 3.28. The lowest BCUT2D eigenvalue weighted by atomic mass is 10.00. The highest BCUT2D eigenvalue weighted by molar-refractivity contribution is 7.17. The van der Waals surface area contributed by atoms with Gasteiger partial charge in [0.2, 0.25) is 0 Å². The van der Waals surface area contributed by atoms with E-state index in [2.05, 4.69) is 41.9 Å². The zero-order valence-corrected chi connectivity index (χ0v) is 16.0. The molecule has 5 nitrogen and oxygen atoms in total. The molecule has 0 saturated carbocycles. The molecular weight excluding hydrogens is 344 g/mol. The maximum atomic E-state index is 6.11. The molecule has 0 aliphatic rings. The molecule has 4 aromatic rings. The predicted octanol–water partition coefficient (Wildman–Crippen LogP) is 5.07. The van der Waals surface area contributed by atoms with Crippen molar-refractivity contribution in [1.29, 1.82) is 0 Å². The first kappa shape index (κ1) is 17.0. The van der Waals surface area contributed by atoms with E-state index >= 15 is 0 Å². The summed E-state index contributed by atoms with van der Waals surface area (Å²) in [7, 11) is 0. The van der Waals surface area contributed by atoms with Gasteiger partial charge in [0, 0.05) is 17.8 Å². The molecule has 0 radical (unpaired) electrons. The standard InChI is InChI=1S/C20H22N4OS/c1-13(2)10-14(3)11-25-17-5-4-15(20-19(17)22-12-26-20)16-6-8-21-18-7-9-23-24(16)18/h4-9,12-14H,10-11H2,1-3H3. The first-order chi connectivity index (χ1) is 12.6. The van der Waals surface area contributed by atoms with Gasteiger partial charge in [0.1, 0.15) is 11.3 Å². The van der Waals surface area contributed by atoms with E-state index in [9.17, 15) is 0 Å². The molecule has 3 heterocycles. The number of fused-ring (bicyclic) bond motifs is 2. The Hall–Kier alpha value is -2.47. The van der Waals surface area contributed by atoms with E-state index in [-0.39, 0.29) is 0 Å². The molecule has 26 heavy (non-hydrogen) atoms. The van der Waals surface area contributed by atoms with Crippen molar-refractivity contribution >= 4 is 27.2 Å². The molecule has 0 aliphatic carbocycles. The molecule has 3 aromatic heterocycles. The van der Waals surface area contributed by atoms with Crippen molar-refractivity contribution in [2.75, 3.05) is 6.61 Å². The van der Waals surface area contributed by atoms with E-state index in [1.54, 1.807) is 17.5 Å². The third-order valence-corrected chi connectivity index (χ3v) is 5.27. The number of thiazole rings is 1. The van der Waals surface area contributed by atoms with Gasteiger partial charge in [-0.1, -0.05) is 20.8 Å². The highest BCUT2D eigenvalue weighted by Crippen LogP contribution is 2.36. The number of nitrogens with zero attached hydrogens (tertiary/aromatic N) is 4. The zero-order valence-electron chi connectivity index (χ0n) is 15.2. The van der Waals surface area contributed by atoms with Gasteiger partial charge in [-0.05, 0) is 36.5 Å². The van der Waals surface area contributed by atoms with E-state index < -0.39 is 0 Å². The van der Waals surface area contributed by atoms with Crippen LogP contribution < -0.4 is 4.74 Å². The Kier molecular flexibility index (Phi) is 4.59. The Morgan fingerprint density at radius 2 is 1.96 bits per heavy atom. The second-order valence-corrected chi connectivity index (χ2v) is 7.97. The van der Waals surface area contributed by atoms with Gasteiger partial charge >= 0.3 is 0 Å². The van der Waals surface area contributed by atoms with Crippen molar-refractivity contribution in [3.8, 4) is 17.0 Å². The molecule has 1 atom stereocenters. The van der Waals surface area contributed by atoms with Crippen LogP contribution >= 0.6 is 11.3 Å². The van der Waals surface area contributed by atoms with E-state index in [1.807, 2.05) is 34.4 Å². The van der Waals surface area contributed by atoms with Crippen LogP contribution in [0.3, 0.4) is 0 Å². The van der Waals surface area contributed by atoms with Crippen LogP contribution in [0.25, 0.3) is 27.1 Å². The summed E-state index contributed by atoms with van der Waals surface area (Å²) >= 11 is 1.63. The minimum absolute atomic E-state index is 0.521. The summed E-state index contributed by atoms with van der Waals surface area (Å²) in [6, 6.07) is 8.01. The normalized spacial score (nSPS) is 12.9. The Balaban J connectivity index is 1.69. The Labute approximate surface area is 156 Å². The summed E-state index contributed by atoms with van der Waals surface area (Å²) in [5.74, 6) is 2.05. The van der Waals surface area contributed by atoms with Gasteiger partial charge in [-0.2, -0.15) is 5.10 Å². The molecule has 1 unspecified atom stereocenters. The summed E-state index contributed by atoms with van der Waals surface area (Å²) in [5.41, 5.74) is 5.74. The number of hydrogen-bond acceptors (Lipinski definition) is 5. The molecule has 4 rings (SSSR count). The molecule has 6 heteroatoms. The minimum Gasteiger partial charge on any atom is -0.491 e. The second kappa shape index (κ2) is 7.03. The Morgan fingerprint density at radius 1 is 1.08 bits per heavy atom. The van der Waals surface area contributed by atoms with Gasteiger partial charge in [-0.3, -0.25) is 0 Å². The summed E-state index contributed by atoms with van der Waals surface area (Å²) in [4.78, 5) is 8.91. The fraction of sp³-hybridized carbons (Fsp3) is 0.350. The second-order valence-electron chi connectivity index (χ2n) is 7.12. The van der Waals surface area contributed by atoms with Crippen LogP contribution in [0.2, 0.25) is 0 Å². The van der Waals surface area contributed by atoms with Gasteiger partial charge in [0.25, 0.3) is 0 Å². The van der Waals surface area contributed by atoms with Crippen LogP contribution in [0.1, 0.15) is 27.2 Å². The first-order valence-corrected chi connectivity index (χ1v) is 9.79. The topological polar surface area (TPSA) is 52.3 Å². The SMILES string of the molecule is CC(C)CC(C)COc1ccc(-c2ccnc3ccnn23)c2scnc12. The average molecular weight is 366 g/mol. The van der Waals surface area contributed by atoms with Crippen molar-refractivity contribution in [2.45, 2.75) is 27.2 Å². The monoisotopic (exact) mass is 366 g/mol. The maximum absolute atomic E-state index is 6.11. The first-order valence-electron chi connectivity index (χ1n) is 8.91. The number of benzene rings is 1. The summed E-state index contributed by atoms with van der Waals surface area (Å²) in [6.07, 6.45) is 4.74. The predicted molar refractivity (Wildman–Crippen MR) is 106 cm³/mol. The number of hydrogen-bond donors (Lipinski definition) is 0. The van der Waals surface area contributed by atoms with Crippen LogP contribution in [0, 0.1) is 11.8 Å². The van der Waals surface area contributed by atoms with Gasteiger partial charge < -0.3 is 4.74 Å². The van der Waals surface area contributed by atoms with Gasteiger partial charge in [-0.15, -0.1) is 11.3 Å². The Bertz CT molecular complexity index is 1040. The van der Waals surface area contributed by atoms with Crippen LogP contribution in [0.15, 0.2) is 42.2 Å². The van der Waals surface area contributed by atoms with Gasteiger partial charge in [0.15, 0.2) is 5.65 Å². The minimum atomic E-state index is 0.521. The van der Waals surface area contributed by atoms with Crippen molar-refractivity contribution < 1.29 is 4.74 Å². The molecule has 134 valence electrons. The third kappa shape index (κ3) is 3.17. The molecule has 0 bridgehead atoms. The highest BCUT2D eigenvalue weighted by atomic mass is 32.1. The smallest absolute Gasteiger partial charge is 0.155 e. The van der Waals surface area contributed by atoms with Gasteiger partial charge in [0.05, 0.1) is 28.7 Å². The largest absolute Gasteiger partial charge is 0.491 e. The summed E-state index contributed by atoms with van der Waals surface area (Å²) in [5, 5.41) is 4.40. The lowest BCUT2D eigenvalue weighted by molar-refractivity contribution is 0.241. The number of ether oxygens (including phenoxy) is 1. The maximum Gasteiger partial charge on any atom is 0.155 e. The number of aromatic nitrogens is 4. The molecule has 0 fully saturated rings. The van der Waals surface area contributed by atoms with E-state index in [1.165, 1.54) is 0 Å². The van der Waals surface area contributed by atoms with E-state index in [0.717, 1.165) is 39.3 Å². The van der Waals surface area contributed by atoms with Gasteiger partial charge in [-0.25, -0.2) is 14.5 Å². The van der Waals surface area contributed by atoms with E-state index in [0.29, 0.717) is 18.4 Å². The molecule has 0 aliphatic heterocycles. The molecule has 0 spiro atoms. The summed E-state index contributed by atoms with van der Waals surface area (Å²) in [6.45, 7) is 7.43. The van der Waals surface area contributed by atoms with Crippen molar-refractivity contribution in [3.05, 3.63) is 42.2 Å². The lowest BCUT2D eigenvalue weighted by Gasteiger charge is -2.16. The lowest BCUT2D eigenvalue weighted by Crippen LogP contribution is -2.11. The molecule has 0 amide bonds. The quantitative estimate of drug-likeness (QED) is 0.478. The molecular formula is C20H22N4OS. The molecule has 0 N–H and O–H groups in total. The molecule has 1 aromatic carbocycles. The zero-order chi connectivity index (χ0) is 18.1. The van der Waals surface area contributed by atoms with Crippen LogP contribution in [-0.4, -0.2) is 26.2 Å². The third-order valence-electron chi connectivity index (χ3n) is 4.41. The fourth-order valence-corrected chi connectivity index (χ4v) is 4.22. The van der Waals surface area contributed by atoms with Crippen LogP contribution in [0.5, 0.6) is 5.75 Å². The van der Waals surface area contributed by atoms with Crippen molar-refractivity contribution in [1.82, 2.24) is 19.6 Å². The number of rotatable bonds is 6. The fourth-order valence-electron chi connectivity index (χ4n) is 3.39. The summed E-state index contributed by atoms with van der Waals surface area (Å²) < 4.78 is 9.09.